The number of nitrogens with two attached hydrogens (primary N) is 1. The highest BCUT2D eigenvalue weighted by molar-refractivity contribution is 6.12. The van der Waals surface area contributed by atoms with E-state index >= 15 is 0 Å². The van der Waals surface area contributed by atoms with Gasteiger partial charge in [0, 0.05) is 35.5 Å². The molecule has 138 valence electrons. The number of ether oxygens (including phenoxy) is 1. The summed E-state index contributed by atoms with van der Waals surface area (Å²) in [5.41, 5.74) is 9.32. The van der Waals surface area contributed by atoms with Gasteiger partial charge in [-0.3, -0.25) is 0 Å². The van der Waals surface area contributed by atoms with Crippen LogP contribution in [0, 0.1) is 5.82 Å². The first-order valence-corrected chi connectivity index (χ1v) is 8.65. The fourth-order valence-corrected chi connectivity index (χ4v) is 3.38. The maximum absolute atomic E-state index is 14.1. The van der Waals surface area contributed by atoms with E-state index < -0.39 is 5.82 Å². The van der Waals surface area contributed by atoms with Gasteiger partial charge in [0.25, 0.3) is 0 Å². The molecule has 0 atom stereocenters. The molecular weight excluding hydrogens is 347 g/mol. The van der Waals surface area contributed by atoms with Crippen molar-refractivity contribution in [2.75, 3.05) is 12.8 Å². The molecule has 7 heteroatoms. The summed E-state index contributed by atoms with van der Waals surface area (Å²) in [6.45, 7) is 2.69. The Balaban J connectivity index is 2.00. The lowest BCUT2D eigenvalue weighted by Crippen LogP contribution is -1.95. The highest BCUT2D eigenvalue weighted by Gasteiger charge is 2.18. The Morgan fingerprint density at radius 3 is 2.85 bits per heavy atom. The van der Waals surface area contributed by atoms with Crippen LogP contribution in [0.2, 0.25) is 0 Å². The smallest absolute Gasteiger partial charge is 0.250 e. The van der Waals surface area contributed by atoms with Gasteiger partial charge in [0.1, 0.15) is 0 Å². The van der Waals surface area contributed by atoms with Crippen LogP contribution in [0.5, 0.6) is 11.8 Å². The number of pyridine rings is 2. The molecule has 0 fully saturated rings. The number of halogens is 1. The molecule has 0 spiro atoms. The molecule has 27 heavy (non-hydrogen) atoms. The van der Waals surface area contributed by atoms with Gasteiger partial charge in [0.05, 0.1) is 29.2 Å². The standard InChI is InChI=1S/C20H19FN4O2/c1-3-7-25-10-15-16(20(25)26)17(22)13-6-4-5-12(18(13)24-15)11-8-14(21)19(27-2)23-9-11/h4-6,8-10,26H,3,7,22H2,1-2H3. The van der Waals surface area contributed by atoms with Crippen molar-refractivity contribution in [3.05, 3.63) is 42.5 Å². The minimum absolute atomic E-state index is 0.0598. The lowest BCUT2D eigenvalue weighted by atomic mass is 10.0. The van der Waals surface area contributed by atoms with Crippen LogP contribution < -0.4 is 10.5 Å². The van der Waals surface area contributed by atoms with Gasteiger partial charge >= 0.3 is 0 Å². The van der Waals surface area contributed by atoms with E-state index in [1.807, 2.05) is 25.1 Å². The summed E-state index contributed by atoms with van der Waals surface area (Å²) in [6, 6.07) is 6.86. The third-order valence-electron chi connectivity index (χ3n) is 4.63. The molecule has 0 amide bonds. The molecule has 0 aliphatic heterocycles. The van der Waals surface area contributed by atoms with Gasteiger partial charge in [-0.2, -0.15) is 0 Å². The fourth-order valence-electron chi connectivity index (χ4n) is 3.38. The molecule has 3 N–H and O–H groups in total. The zero-order valence-electron chi connectivity index (χ0n) is 15.0. The number of aromatic hydroxyl groups is 1. The van der Waals surface area contributed by atoms with Crippen LogP contribution in [0.3, 0.4) is 0 Å². The van der Waals surface area contributed by atoms with Crippen LogP contribution in [0.25, 0.3) is 32.9 Å². The van der Waals surface area contributed by atoms with Gasteiger partial charge in [0.15, 0.2) is 5.82 Å². The van der Waals surface area contributed by atoms with Crippen LogP contribution in [0.1, 0.15) is 13.3 Å². The SMILES string of the molecule is CCCn1cc2nc3c(-c4cnc(OC)c(F)c4)cccc3c(N)c2c1O. The van der Waals surface area contributed by atoms with Gasteiger partial charge in [0.2, 0.25) is 11.8 Å². The van der Waals surface area contributed by atoms with Crippen molar-refractivity contribution in [2.24, 2.45) is 0 Å². The molecule has 0 radical (unpaired) electrons. The zero-order valence-corrected chi connectivity index (χ0v) is 15.0. The number of rotatable bonds is 4. The number of nitrogens with zero attached hydrogens (tertiary/aromatic N) is 3. The number of para-hydroxylation sites is 1. The van der Waals surface area contributed by atoms with Crippen LogP contribution >= 0.6 is 0 Å². The first-order chi connectivity index (χ1) is 13.0. The van der Waals surface area contributed by atoms with E-state index in [1.165, 1.54) is 13.2 Å². The van der Waals surface area contributed by atoms with Crippen LogP contribution in [0.15, 0.2) is 36.7 Å². The molecule has 4 aromatic rings. The molecule has 4 rings (SSSR count). The predicted octanol–water partition coefficient (Wildman–Crippen LogP) is 4.10. The number of hydrogen-bond acceptors (Lipinski definition) is 5. The molecule has 1 aromatic carbocycles. The van der Waals surface area contributed by atoms with Gasteiger partial charge < -0.3 is 20.1 Å². The Bertz CT molecular complexity index is 1170. The van der Waals surface area contributed by atoms with E-state index in [0.29, 0.717) is 45.2 Å². The Kier molecular flexibility index (Phi) is 4.07. The summed E-state index contributed by atoms with van der Waals surface area (Å²) in [4.78, 5) is 8.72. The Morgan fingerprint density at radius 1 is 1.33 bits per heavy atom. The molecule has 0 unspecified atom stereocenters. The van der Waals surface area contributed by atoms with E-state index in [2.05, 4.69) is 4.98 Å². The molecule has 0 aliphatic rings. The average Bonchev–Trinajstić information content (AvgIpc) is 2.97. The summed E-state index contributed by atoms with van der Waals surface area (Å²) in [7, 11) is 1.37. The van der Waals surface area contributed by atoms with Gasteiger partial charge in [-0.1, -0.05) is 25.1 Å². The second kappa shape index (κ2) is 6.42. The van der Waals surface area contributed by atoms with E-state index in [9.17, 15) is 9.50 Å². The Hall–Kier alpha value is -3.35. The van der Waals surface area contributed by atoms with E-state index in [0.717, 1.165) is 6.42 Å². The number of fused-ring (bicyclic) bond motifs is 2. The molecule has 3 aromatic heterocycles. The lowest BCUT2D eigenvalue weighted by Gasteiger charge is -2.10. The minimum atomic E-state index is -0.548. The van der Waals surface area contributed by atoms with Crippen molar-refractivity contribution in [2.45, 2.75) is 19.9 Å². The largest absolute Gasteiger partial charge is 0.494 e. The zero-order chi connectivity index (χ0) is 19.1. The van der Waals surface area contributed by atoms with Crippen LogP contribution in [0.4, 0.5) is 10.1 Å². The van der Waals surface area contributed by atoms with Crippen molar-refractivity contribution in [1.29, 1.82) is 0 Å². The van der Waals surface area contributed by atoms with E-state index in [1.54, 1.807) is 17.0 Å². The third kappa shape index (κ3) is 2.63. The van der Waals surface area contributed by atoms with Crippen LogP contribution in [-0.4, -0.2) is 26.8 Å². The summed E-state index contributed by atoms with van der Waals surface area (Å²) in [5, 5.41) is 11.7. The van der Waals surface area contributed by atoms with Gasteiger partial charge in [-0.15, -0.1) is 0 Å². The normalized spacial score (nSPS) is 11.4. The number of hydrogen-bond donors (Lipinski definition) is 2. The minimum Gasteiger partial charge on any atom is -0.494 e. The number of anilines is 1. The topological polar surface area (TPSA) is 86.2 Å². The van der Waals surface area contributed by atoms with E-state index in [4.69, 9.17) is 15.5 Å². The maximum atomic E-state index is 14.1. The summed E-state index contributed by atoms with van der Waals surface area (Å²) in [6.07, 6.45) is 4.20. The van der Waals surface area contributed by atoms with Gasteiger partial charge in [-0.25, -0.2) is 14.4 Å². The summed E-state index contributed by atoms with van der Waals surface area (Å²) >= 11 is 0. The fraction of sp³-hybridized carbons (Fsp3) is 0.200. The predicted molar refractivity (Wildman–Crippen MR) is 103 cm³/mol. The molecule has 0 aliphatic carbocycles. The van der Waals surface area contributed by atoms with Gasteiger partial charge in [-0.05, 0) is 12.5 Å². The monoisotopic (exact) mass is 366 g/mol. The third-order valence-corrected chi connectivity index (χ3v) is 4.63. The van der Waals surface area contributed by atoms with Crippen molar-refractivity contribution < 1.29 is 14.2 Å². The lowest BCUT2D eigenvalue weighted by molar-refractivity contribution is 0.369. The highest BCUT2D eigenvalue weighted by Crippen LogP contribution is 2.39. The van der Waals surface area contributed by atoms with Crippen molar-refractivity contribution in [3.63, 3.8) is 0 Å². The first-order valence-electron chi connectivity index (χ1n) is 8.65. The molecular formula is C20H19FN4O2. The molecule has 0 saturated heterocycles. The number of aryl methyl sites for hydroxylation is 1. The molecule has 0 bridgehead atoms. The van der Waals surface area contributed by atoms with Crippen molar-refractivity contribution in [1.82, 2.24) is 14.5 Å². The highest BCUT2D eigenvalue weighted by atomic mass is 19.1. The van der Waals surface area contributed by atoms with Crippen molar-refractivity contribution in [3.8, 4) is 22.9 Å². The molecule has 0 saturated carbocycles. The first kappa shape index (κ1) is 17.1. The quantitative estimate of drug-likeness (QED) is 0.568. The Labute approximate surface area is 155 Å². The second-order valence-corrected chi connectivity index (χ2v) is 6.35. The number of benzene rings is 1. The van der Waals surface area contributed by atoms with Crippen LogP contribution in [-0.2, 0) is 6.54 Å². The molecule has 6 nitrogen and oxygen atoms in total. The molecule has 3 heterocycles. The average molecular weight is 366 g/mol. The number of methoxy groups -OCH3 is 1. The number of aromatic nitrogens is 3. The Morgan fingerprint density at radius 2 is 2.15 bits per heavy atom. The summed E-state index contributed by atoms with van der Waals surface area (Å²) < 4.78 is 20.8. The summed E-state index contributed by atoms with van der Waals surface area (Å²) in [5.74, 6) is -0.496. The van der Waals surface area contributed by atoms with E-state index in [-0.39, 0.29) is 11.8 Å². The second-order valence-electron chi connectivity index (χ2n) is 6.35. The maximum Gasteiger partial charge on any atom is 0.250 e. The number of nitrogen functional groups attached to an aromatic ring is 1. The van der Waals surface area contributed by atoms with Crippen molar-refractivity contribution >= 4 is 27.5 Å².